The smallest absolute Gasteiger partial charge is 0.331 e. The molecule has 2 heterocycles. The molecule has 0 saturated carbocycles. The van der Waals surface area contributed by atoms with Gasteiger partial charge in [0.1, 0.15) is 17.6 Å². The fraction of sp³-hybridized carbons (Fsp3) is 0.357. The predicted octanol–water partition coefficient (Wildman–Crippen LogP) is 3.07. The molecule has 1 aromatic rings. The van der Waals surface area contributed by atoms with Crippen molar-refractivity contribution in [2.75, 3.05) is 6.54 Å². The molecule has 120 valence electrons. The van der Waals surface area contributed by atoms with Crippen molar-refractivity contribution in [2.45, 2.75) is 18.7 Å². The van der Waals surface area contributed by atoms with Gasteiger partial charge in [0.2, 0.25) is 0 Å². The first-order chi connectivity index (χ1) is 11.0. The van der Waals surface area contributed by atoms with E-state index in [2.05, 4.69) is 32.5 Å². The first kappa shape index (κ1) is 15.9. The minimum Gasteiger partial charge on any atom is -0.430 e. The van der Waals surface area contributed by atoms with Gasteiger partial charge in [0.05, 0.1) is 29.6 Å². The molecule has 1 aromatic carbocycles. The van der Waals surface area contributed by atoms with Crippen LogP contribution in [-0.2, 0) is 20.9 Å². The summed E-state index contributed by atoms with van der Waals surface area (Å²) in [5.41, 5.74) is 8.84. The Morgan fingerprint density at radius 1 is 1.52 bits per heavy atom. The molecule has 0 amide bonds. The third kappa shape index (κ3) is 2.84. The van der Waals surface area contributed by atoms with Crippen LogP contribution in [0.5, 0.6) is 0 Å². The molecule has 23 heavy (non-hydrogen) atoms. The number of fused-ring (bicyclic) bond motifs is 1. The quantitative estimate of drug-likeness (QED) is 0.346. The van der Waals surface area contributed by atoms with Crippen molar-refractivity contribution in [3.63, 3.8) is 0 Å². The average molecular weight is 383 g/mol. The van der Waals surface area contributed by atoms with Crippen molar-refractivity contribution < 1.29 is 18.8 Å². The summed E-state index contributed by atoms with van der Waals surface area (Å²) in [6.07, 6.45) is -0.565. The average Bonchev–Trinajstić information content (AvgIpc) is 3.02. The third-order valence-electron chi connectivity index (χ3n) is 3.85. The van der Waals surface area contributed by atoms with Crippen molar-refractivity contribution in [2.24, 2.45) is 11.0 Å². The molecule has 2 fully saturated rings. The van der Waals surface area contributed by atoms with E-state index in [1.807, 2.05) is 0 Å². The van der Waals surface area contributed by atoms with Crippen molar-refractivity contribution in [1.29, 1.82) is 0 Å². The molecule has 2 aliphatic heterocycles. The topological polar surface area (TPSA) is 87.5 Å². The van der Waals surface area contributed by atoms with E-state index in [9.17, 15) is 9.18 Å². The van der Waals surface area contributed by atoms with Crippen molar-refractivity contribution >= 4 is 21.9 Å². The highest BCUT2D eigenvalue weighted by molar-refractivity contribution is 9.10. The number of nitrogens with zero attached hydrogens (tertiary/aromatic N) is 4. The molecule has 0 aromatic heterocycles. The van der Waals surface area contributed by atoms with Crippen LogP contribution in [0.25, 0.3) is 10.4 Å². The van der Waals surface area contributed by atoms with E-state index in [0.29, 0.717) is 10.0 Å². The van der Waals surface area contributed by atoms with E-state index in [4.69, 9.17) is 15.1 Å². The minimum absolute atomic E-state index is 0.0325. The molecule has 0 N–H and O–H groups in total. The molecule has 2 aliphatic rings. The number of esters is 1. The van der Waals surface area contributed by atoms with Crippen molar-refractivity contribution in [3.05, 3.63) is 56.8 Å². The van der Waals surface area contributed by atoms with Crippen LogP contribution in [0.15, 0.2) is 40.1 Å². The standard InChI is InChI=1S/C14H12BrFN4O3/c1-7-11-10(5-18-19-17)23-20(13(11)14(21)22-7)6-8-3-2-4-9(15)12(8)16/h2-4,10-11,13H,1,5-6H2/t10-,11+,13-/m0/s1. The Bertz CT molecular complexity index is 722. The van der Waals surface area contributed by atoms with Gasteiger partial charge in [0, 0.05) is 10.5 Å². The number of benzene rings is 1. The Kier molecular flexibility index (Phi) is 4.36. The van der Waals surface area contributed by atoms with Gasteiger partial charge in [-0.05, 0) is 27.5 Å². The Labute approximate surface area is 139 Å². The molecule has 2 saturated heterocycles. The lowest BCUT2D eigenvalue weighted by atomic mass is 9.95. The number of hydrogen-bond donors (Lipinski definition) is 0. The maximum atomic E-state index is 14.1. The van der Waals surface area contributed by atoms with E-state index in [1.165, 1.54) is 5.06 Å². The van der Waals surface area contributed by atoms with Gasteiger partial charge in [0.25, 0.3) is 0 Å². The molecule has 0 bridgehead atoms. The molecule has 0 radical (unpaired) electrons. The molecule has 3 atom stereocenters. The molecule has 7 nitrogen and oxygen atoms in total. The highest BCUT2D eigenvalue weighted by atomic mass is 79.9. The van der Waals surface area contributed by atoms with Crippen LogP contribution in [0.2, 0.25) is 0 Å². The van der Waals surface area contributed by atoms with Crippen LogP contribution in [0.4, 0.5) is 4.39 Å². The maximum absolute atomic E-state index is 14.1. The molecule has 0 spiro atoms. The van der Waals surface area contributed by atoms with Crippen LogP contribution in [0, 0.1) is 11.7 Å². The van der Waals surface area contributed by atoms with E-state index in [0.717, 1.165) is 0 Å². The summed E-state index contributed by atoms with van der Waals surface area (Å²) in [4.78, 5) is 20.4. The van der Waals surface area contributed by atoms with Crippen molar-refractivity contribution in [1.82, 2.24) is 5.06 Å². The number of carbonyl (C=O) groups excluding carboxylic acids is 1. The number of ether oxygens (including phenoxy) is 1. The van der Waals surface area contributed by atoms with E-state index in [-0.39, 0.29) is 18.8 Å². The summed E-state index contributed by atoms with van der Waals surface area (Å²) in [6, 6.07) is 4.16. The Hall–Kier alpha value is -1.93. The van der Waals surface area contributed by atoms with Gasteiger partial charge in [-0.3, -0.25) is 4.84 Å². The predicted molar refractivity (Wildman–Crippen MR) is 81.0 cm³/mol. The lowest BCUT2D eigenvalue weighted by Crippen LogP contribution is -2.35. The van der Waals surface area contributed by atoms with Gasteiger partial charge in [-0.2, -0.15) is 5.06 Å². The molecule has 0 aliphatic carbocycles. The number of cyclic esters (lactones) is 1. The lowest BCUT2D eigenvalue weighted by molar-refractivity contribution is -0.183. The van der Waals surface area contributed by atoms with Crippen molar-refractivity contribution in [3.8, 4) is 0 Å². The molecular formula is C14H12BrFN4O3. The second-order valence-electron chi connectivity index (χ2n) is 5.20. The number of rotatable bonds is 4. The van der Waals surface area contributed by atoms with E-state index >= 15 is 0 Å². The molecule has 0 unspecified atom stereocenters. The maximum Gasteiger partial charge on any atom is 0.331 e. The van der Waals surface area contributed by atoms with Gasteiger partial charge in [-0.25, -0.2) is 9.18 Å². The van der Waals surface area contributed by atoms with Crippen LogP contribution in [-0.4, -0.2) is 29.7 Å². The number of azide groups is 1. The summed E-state index contributed by atoms with van der Waals surface area (Å²) in [7, 11) is 0. The molecule has 9 heteroatoms. The normalized spacial score (nSPS) is 26.8. The largest absolute Gasteiger partial charge is 0.430 e. The number of carbonyl (C=O) groups is 1. The van der Waals surface area contributed by atoms with Gasteiger partial charge in [-0.15, -0.1) is 0 Å². The van der Waals surface area contributed by atoms with Gasteiger partial charge >= 0.3 is 5.97 Å². The van der Waals surface area contributed by atoms with Crippen LogP contribution >= 0.6 is 15.9 Å². The van der Waals surface area contributed by atoms with Crippen LogP contribution in [0.3, 0.4) is 0 Å². The monoisotopic (exact) mass is 382 g/mol. The second kappa shape index (κ2) is 6.29. The zero-order valence-electron chi connectivity index (χ0n) is 11.9. The Morgan fingerprint density at radius 3 is 3.04 bits per heavy atom. The van der Waals surface area contributed by atoms with Crippen LogP contribution in [0.1, 0.15) is 5.56 Å². The van der Waals surface area contributed by atoms with Gasteiger partial charge in [0.15, 0.2) is 0 Å². The third-order valence-corrected chi connectivity index (χ3v) is 4.46. The van der Waals surface area contributed by atoms with E-state index in [1.54, 1.807) is 18.2 Å². The first-order valence-corrected chi connectivity index (χ1v) is 7.60. The summed E-state index contributed by atoms with van der Waals surface area (Å²) in [6.45, 7) is 3.80. The summed E-state index contributed by atoms with van der Waals surface area (Å²) in [5.74, 6) is -1.09. The fourth-order valence-electron chi connectivity index (χ4n) is 2.83. The molecule has 3 rings (SSSR count). The minimum atomic E-state index is -0.722. The second-order valence-corrected chi connectivity index (χ2v) is 6.06. The lowest BCUT2D eigenvalue weighted by Gasteiger charge is -2.20. The summed E-state index contributed by atoms with van der Waals surface area (Å²) < 4.78 is 19.5. The summed E-state index contributed by atoms with van der Waals surface area (Å²) in [5, 5.41) is 4.85. The highest BCUT2D eigenvalue weighted by Crippen LogP contribution is 2.40. The first-order valence-electron chi connectivity index (χ1n) is 6.80. The Balaban J connectivity index is 1.87. The Morgan fingerprint density at radius 2 is 2.30 bits per heavy atom. The zero-order valence-corrected chi connectivity index (χ0v) is 13.4. The highest BCUT2D eigenvalue weighted by Gasteiger charge is 2.54. The number of hydrogen-bond acceptors (Lipinski definition) is 5. The van der Waals surface area contributed by atoms with Gasteiger partial charge in [-0.1, -0.05) is 23.8 Å². The zero-order chi connectivity index (χ0) is 16.6. The van der Waals surface area contributed by atoms with Crippen LogP contribution < -0.4 is 0 Å². The fourth-order valence-corrected chi connectivity index (χ4v) is 3.24. The number of halogens is 2. The summed E-state index contributed by atoms with van der Waals surface area (Å²) >= 11 is 3.12. The van der Waals surface area contributed by atoms with E-state index < -0.39 is 29.9 Å². The number of hydroxylamine groups is 2. The van der Waals surface area contributed by atoms with Gasteiger partial charge < -0.3 is 4.74 Å². The molecular weight excluding hydrogens is 371 g/mol. The SMILES string of the molecule is C=C1OC(=O)[C@@H]2[C@H]1[C@H](CN=[N+]=[N-])ON2Cc1cccc(Br)c1F.